The molecule has 17 heteroatoms. The molecule has 330 valence electrons. The zero-order valence-electron chi connectivity index (χ0n) is 35.1. The third kappa shape index (κ3) is 7.80. The van der Waals surface area contributed by atoms with Gasteiger partial charge in [0, 0.05) is 10.8 Å². The molecule has 0 saturated carbocycles. The number of carboxylic acids is 2. The third-order valence-corrected chi connectivity index (χ3v) is 15.0. The van der Waals surface area contributed by atoms with Crippen LogP contribution in [0.4, 0.5) is 0 Å². The van der Waals surface area contributed by atoms with Gasteiger partial charge in [0.25, 0.3) is 11.1 Å². The molecule has 2 N–H and O–H groups in total. The van der Waals surface area contributed by atoms with E-state index in [4.69, 9.17) is 24.9 Å². The van der Waals surface area contributed by atoms with Gasteiger partial charge >= 0.3 is 11.9 Å². The second-order valence-corrected chi connectivity index (χ2v) is 19.2. The van der Waals surface area contributed by atoms with E-state index in [0.29, 0.717) is 75.0 Å². The molecule has 0 bridgehead atoms. The molecular formula is C51H31N7O6S4. The normalized spacial score (nSPS) is 11.5. The van der Waals surface area contributed by atoms with Gasteiger partial charge in [0.05, 0.1) is 56.7 Å². The summed E-state index contributed by atoms with van der Waals surface area (Å²) < 4.78 is 3.66. The van der Waals surface area contributed by atoms with Gasteiger partial charge < -0.3 is 10.2 Å². The summed E-state index contributed by atoms with van der Waals surface area (Å²) in [6.45, 7) is 0. The van der Waals surface area contributed by atoms with Gasteiger partial charge in [-0.1, -0.05) is 127 Å². The number of para-hydroxylation sites is 2. The van der Waals surface area contributed by atoms with E-state index >= 15 is 0 Å². The minimum Gasteiger partial charge on any atom is -0.481 e. The van der Waals surface area contributed by atoms with E-state index in [1.165, 1.54) is 31.8 Å². The predicted molar refractivity (Wildman–Crippen MR) is 271 cm³/mol. The molecule has 68 heavy (non-hydrogen) atoms. The van der Waals surface area contributed by atoms with Crippen molar-refractivity contribution in [1.29, 1.82) is 0 Å². The van der Waals surface area contributed by atoms with Crippen molar-refractivity contribution in [2.24, 2.45) is 0 Å². The quantitative estimate of drug-likeness (QED) is 0.0872. The van der Waals surface area contributed by atoms with Crippen LogP contribution in [0.15, 0.2) is 172 Å². The fourth-order valence-electron chi connectivity index (χ4n) is 8.07. The van der Waals surface area contributed by atoms with Gasteiger partial charge in [0.15, 0.2) is 10.3 Å². The van der Waals surface area contributed by atoms with Crippen LogP contribution >= 0.6 is 46.2 Å². The highest BCUT2D eigenvalue weighted by Crippen LogP contribution is 2.42. The number of carboxylic acid groups (broad SMARTS) is 2. The number of fused-ring (bicyclic) bond motifs is 6. The van der Waals surface area contributed by atoms with E-state index in [1.807, 2.05) is 127 Å². The van der Waals surface area contributed by atoms with E-state index in [0.717, 1.165) is 45.8 Å². The Hall–Kier alpha value is -7.83. The second-order valence-electron chi connectivity index (χ2n) is 15.3. The number of aromatic nitrogens is 7. The van der Waals surface area contributed by atoms with Crippen molar-refractivity contribution < 1.29 is 19.8 Å². The van der Waals surface area contributed by atoms with Crippen molar-refractivity contribution in [1.82, 2.24) is 34.1 Å². The molecule has 0 amide bonds. The van der Waals surface area contributed by atoms with Crippen LogP contribution < -0.4 is 11.1 Å². The molecule has 0 radical (unpaired) electrons. The summed E-state index contributed by atoms with van der Waals surface area (Å²) in [5.41, 5.74) is 6.74. The summed E-state index contributed by atoms with van der Waals surface area (Å²) in [4.78, 5) is 79.1. The Morgan fingerprint density at radius 3 is 1.24 bits per heavy atom. The second kappa shape index (κ2) is 17.8. The number of rotatable bonds is 12. The summed E-state index contributed by atoms with van der Waals surface area (Å²) in [6.07, 6.45) is 0. The third-order valence-electron chi connectivity index (χ3n) is 11.0. The molecule has 11 rings (SSSR count). The Kier molecular flexibility index (Phi) is 11.2. The van der Waals surface area contributed by atoms with Gasteiger partial charge in [-0.15, -0.1) is 22.7 Å². The Labute approximate surface area is 401 Å². The van der Waals surface area contributed by atoms with Gasteiger partial charge in [0.1, 0.15) is 19.1 Å². The zero-order chi connectivity index (χ0) is 46.5. The topological polar surface area (TPSA) is 183 Å². The molecule has 11 aromatic rings. The fourth-order valence-corrected chi connectivity index (χ4v) is 11.7. The number of nitrogens with zero attached hydrogens (tertiary/aromatic N) is 7. The number of carbonyl (C=O) groups is 2. The van der Waals surface area contributed by atoms with E-state index in [9.17, 15) is 29.4 Å². The van der Waals surface area contributed by atoms with Crippen LogP contribution in [-0.2, 0) is 9.59 Å². The largest absolute Gasteiger partial charge is 0.481 e. The molecular weight excluding hydrogens is 935 g/mol. The number of thiophene rings is 2. The molecule has 0 aliphatic heterocycles. The molecule has 0 aliphatic rings. The van der Waals surface area contributed by atoms with Crippen molar-refractivity contribution in [2.75, 3.05) is 11.5 Å². The molecule has 0 saturated heterocycles. The first-order chi connectivity index (χ1) is 33.2. The Morgan fingerprint density at radius 2 is 0.853 bits per heavy atom. The van der Waals surface area contributed by atoms with Crippen LogP contribution in [0.25, 0.3) is 97.3 Å². The molecule has 0 fully saturated rings. The molecule has 7 heterocycles. The van der Waals surface area contributed by atoms with E-state index in [1.54, 1.807) is 24.3 Å². The number of pyridine rings is 3. The first-order valence-electron chi connectivity index (χ1n) is 20.9. The van der Waals surface area contributed by atoms with Gasteiger partial charge in [0.2, 0.25) is 0 Å². The maximum Gasteiger partial charge on any atom is 0.313 e. The summed E-state index contributed by atoms with van der Waals surface area (Å²) in [6, 6.07) is 47.0. The Morgan fingerprint density at radius 1 is 0.471 bits per heavy atom. The smallest absolute Gasteiger partial charge is 0.313 e. The lowest BCUT2D eigenvalue weighted by Crippen LogP contribution is -2.21. The van der Waals surface area contributed by atoms with Gasteiger partial charge in [-0.2, -0.15) is 0 Å². The van der Waals surface area contributed by atoms with Crippen LogP contribution in [-0.4, -0.2) is 67.7 Å². The molecule has 0 atom stereocenters. The van der Waals surface area contributed by atoms with Gasteiger partial charge in [-0.3, -0.25) is 28.3 Å². The van der Waals surface area contributed by atoms with E-state index in [2.05, 4.69) is 0 Å². The maximum absolute atomic E-state index is 14.5. The summed E-state index contributed by atoms with van der Waals surface area (Å²) >= 11 is 4.40. The summed E-state index contributed by atoms with van der Waals surface area (Å²) in [7, 11) is 0. The number of aliphatic carboxylic acids is 2. The molecule has 4 aromatic carbocycles. The lowest BCUT2D eigenvalue weighted by molar-refractivity contribution is -0.134. The molecule has 13 nitrogen and oxygen atoms in total. The van der Waals surface area contributed by atoms with Crippen molar-refractivity contribution in [3.8, 4) is 56.4 Å². The highest BCUT2D eigenvalue weighted by molar-refractivity contribution is 8.00. The van der Waals surface area contributed by atoms with E-state index in [-0.39, 0.29) is 32.9 Å². The molecule has 0 unspecified atom stereocenters. The molecule has 7 aromatic heterocycles. The summed E-state index contributed by atoms with van der Waals surface area (Å²) in [5, 5.41) is 21.1. The van der Waals surface area contributed by atoms with Crippen LogP contribution in [0, 0.1) is 0 Å². The van der Waals surface area contributed by atoms with Crippen LogP contribution in [0.2, 0.25) is 0 Å². The van der Waals surface area contributed by atoms with E-state index < -0.39 is 11.9 Å². The predicted octanol–water partition coefficient (Wildman–Crippen LogP) is 10.7. The lowest BCUT2D eigenvalue weighted by Gasteiger charge is -2.12. The van der Waals surface area contributed by atoms with Gasteiger partial charge in [-0.05, 0) is 70.8 Å². The lowest BCUT2D eigenvalue weighted by atomic mass is 10.0. The fraction of sp³-hybridized carbons (Fsp3) is 0.0392. The first-order valence-corrected chi connectivity index (χ1v) is 24.5. The van der Waals surface area contributed by atoms with Crippen molar-refractivity contribution >= 4 is 99.0 Å². The highest BCUT2D eigenvalue weighted by Gasteiger charge is 2.25. The number of benzene rings is 4. The maximum atomic E-state index is 14.5. The standard InChI is InChI=1S/C51H31N7O6S4/c59-38(60)26-65-50-55-42-40-32(28-14-5-1-6-15-28)24-36(53-46(40)67-44(42)48(63)57(50)30-18-9-3-10-19-30)34-22-13-23-35(52-34)37-25-33(29-16-7-2-8-17-29)41-43-45(68-47(41)54-37)49(64)58(31-20-11-4-12-21-31)51(56-43)66-27-39(61)62/h1-25H,26-27H2,(H,59,60)(H,61,62). The minimum atomic E-state index is -1.03. The van der Waals surface area contributed by atoms with Crippen molar-refractivity contribution in [3.63, 3.8) is 0 Å². The minimum absolute atomic E-state index is 0.251. The molecule has 0 aliphatic carbocycles. The average Bonchev–Trinajstić information content (AvgIpc) is 3.94. The van der Waals surface area contributed by atoms with Crippen LogP contribution in [0.5, 0.6) is 0 Å². The number of hydrogen-bond acceptors (Lipinski definition) is 13. The Balaban J connectivity index is 1.10. The molecule has 0 spiro atoms. The zero-order valence-corrected chi connectivity index (χ0v) is 38.4. The first kappa shape index (κ1) is 42.8. The van der Waals surface area contributed by atoms with Crippen molar-refractivity contribution in [2.45, 2.75) is 10.3 Å². The van der Waals surface area contributed by atoms with Crippen molar-refractivity contribution in [3.05, 3.63) is 172 Å². The average molecular weight is 966 g/mol. The monoisotopic (exact) mass is 965 g/mol. The Bertz CT molecular complexity index is 3670. The number of thioether (sulfide) groups is 2. The van der Waals surface area contributed by atoms with Crippen LogP contribution in [0.3, 0.4) is 0 Å². The highest BCUT2D eigenvalue weighted by atomic mass is 32.2. The van der Waals surface area contributed by atoms with Crippen LogP contribution in [0.1, 0.15) is 0 Å². The SMILES string of the molecule is O=C(O)CSc1nc2c(sc3nc(-c4cccc(-c5cc(-c6ccccc6)c6c(n5)sc5c(=O)n(-c7ccccc7)c(SCC(=O)O)nc56)n4)cc(-c4ccccc4)c32)c(=O)n1-c1ccccc1. The summed E-state index contributed by atoms with van der Waals surface area (Å²) in [5.74, 6) is -2.65. The van der Waals surface area contributed by atoms with Gasteiger partial charge in [-0.25, -0.2) is 24.9 Å². The number of hydrogen-bond donors (Lipinski definition) is 2.